The molecule has 1 aliphatic carbocycles. The van der Waals surface area contributed by atoms with Crippen molar-refractivity contribution < 1.29 is 5.11 Å². The lowest BCUT2D eigenvalue weighted by atomic mass is 9.77. The molecule has 0 radical (unpaired) electrons. The van der Waals surface area contributed by atoms with Crippen LogP contribution >= 0.6 is 11.6 Å². The lowest BCUT2D eigenvalue weighted by Gasteiger charge is -2.32. The monoisotopic (exact) mass is 225 g/mol. The number of nitrogens with two attached hydrogens (primary N) is 1. The molecule has 1 fully saturated rings. The molecule has 1 atom stereocenters. The van der Waals surface area contributed by atoms with Crippen molar-refractivity contribution in [1.82, 2.24) is 0 Å². The van der Waals surface area contributed by atoms with E-state index in [9.17, 15) is 5.11 Å². The molecule has 2 rings (SSSR count). The molecular weight excluding hydrogens is 210 g/mol. The number of hydrogen-bond donors (Lipinski definition) is 2. The summed E-state index contributed by atoms with van der Waals surface area (Å²) in [5, 5.41) is 10.6. The van der Waals surface area contributed by atoms with Gasteiger partial charge in [0.15, 0.2) is 0 Å². The third kappa shape index (κ3) is 1.97. The van der Waals surface area contributed by atoms with E-state index < -0.39 is 0 Å². The summed E-state index contributed by atoms with van der Waals surface area (Å²) in [6, 6.07) is 3.47. The smallest absolute Gasteiger partial charge is 0.123 e. The first-order valence-corrected chi connectivity index (χ1v) is 5.72. The Morgan fingerprint density at radius 1 is 1.47 bits per heavy atom. The van der Waals surface area contributed by atoms with Crippen LogP contribution in [0.1, 0.15) is 36.4 Å². The van der Waals surface area contributed by atoms with E-state index in [1.54, 1.807) is 12.1 Å². The first-order valence-electron chi connectivity index (χ1n) is 5.34. The van der Waals surface area contributed by atoms with Gasteiger partial charge in [0.2, 0.25) is 0 Å². The molecule has 0 amide bonds. The van der Waals surface area contributed by atoms with Crippen LogP contribution in [-0.4, -0.2) is 5.11 Å². The fourth-order valence-electron chi connectivity index (χ4n) is 2.07. The van der Waals surface area contributed by atoms with E-state index in [1.807, 2.05) is 6.92 Å². The second-order valence-electron chi connectivity index (χ2n) is 4.38. The summed E-state index contributed by atoms with van der Waals surface area (Å²) in [6.07, 6.45) is 3.57. The van der Waals surface area contributed by atoms with Crippen molar-refractivity contribution in [2.75, 3.05) is 0 Å². The van der Waals surface area contributed by atoms with E-state index >= 15 is 0 Å². The Morgan fingerprint density at radius 2 is 2.13 bits per heavy atom. The van der Waals surface area contributed by atoms with Gasteiger partial charge in [0, 0.05) is 16.6 Å². The van der Waals surface area contributed by atoms with Gasteiger partial charge in [0.05, 0.1) is 0 Å². The highest BCUT2D eigenvalue weighted by atomic mass is 35.5. The highest BCUT2D eigenvalue weighted by Crippen LogP contribution is 2.40. The molecule has 1 aromatic rings. The molecule has 0 bridgehead atoms. The number of benzene rings is 1. The van der Waals surface area contributed by atoms with E-state index in [1.165, 1.54) is 6.42 Å². The fourth-order valence-corrected chi connectivity index (χ4v) is 2.35. The molecule has 0 aliphatic heterocycles. The van der Waals surface area contributed by atoms with Gasteiger partial charge in [-0.05, 0) is 43.4 Å². The van der Waals surface area contributed by atoms with Crippen molar-refractivity contribution in [2.45, 2.75) is 32.2 Å². The Balaban J connectivity index is 2.33. The molecular formula is C12H16ClNO. The molecule has 0 saturated heterocycles. The van der Waals surface area contributed by atoms with Gasteiger partial charge in [-0.25, -0.2) is 0 Å². The number of aromatic hydroxyl groups is 1. The predicted molar refractivity (Wildman–Crippen MR) is 62.1 cm³/mol. The van der Waals surface area contributed by atoms with Gasteiger partial charge in [0.1, 0.15) is 5.75 Å². The lowest BCUT2D eigenvalue weighted by molar-refractivity contribution is 0.260. The largest absolute Gasteiger partial charge is 0.507 e. The molecule has 3 N–H and O–H groups in total. The maximum atomic E-state index is 9.92. The zero-order chi connectivity index (χ0) is 11.0. The second kappa shape index (κ2) is 4.03. The summed E-state index contributed by atoms with van der Waals surface area (Å²) >= 11 is 5.97. The number of rotatable bonds is 2. The zero-order valence-electron chi connectivity index (χ0n) is 8.83. The molecule has 0 unspecified atom stereocenters. The average molecular weight is 226 g/mol. The number of hydrogen-bond acceptors (Lipinski definition) is 2. The van der Waals surface area contributed by atoms with Gasteiger partial charge in [-0.3, -0.25) is 0 Å². The standard InChI is InChI=1S/C12H16ClNO/c1-7-5-9(13)6-10(12(7)15)11(14)8-3-2-4-8/h5-6,8,11,15H,2-4,14H2,1H3/t11-/m1/s1. The summed E-state index contributed by atoms with van der Waals surface area (Å²) in [5.41, 5.74) is 7.71. The van der Waals surface area contributed by atoms with Crippen LogP contribution in [0, 0.1) is 12.8 Å². The molecule has 2 nitrogen and oxygen atoms in total. The molecule has 0 aromatic heterocycles. The highest BCUT2D eigenvalue weighted by Gasteiger charge is 2.27. The number of aryl methyl sites for hydroxylation is 1. The summed E-state index contributed by atoms with van der Waals surface area (Å²) < 4.78 is 0. The summed E-state index contributed by atoms with van der Waals surface area (Å²) in [7, 11) is 0. The minimum Gasteiger partial charge on any atom is -0.507 e. The maximum absolute atomic E-state index is 9.92. The van der Waals surface area contributed by atoms with Crippen molar-refractivity contribution in [3.63, 3.8) is 0 Å². The summed E-state index contributed by atoms with van der Waals surface area (Å²) in [4.78, 5) is 0. The van der Waals surface area contributed by atoms with Crippen LogP contribution in [0.3, 0.4) is 0 Å². The maximum Gasteiger partial charge on any atom is 0.123 e. The van der Waals surface area contributed by atoms with Crippen molar-refractivity contribution >= 4 is 11.6 Å². The van der Waals surface area contributed by atoms with Crippen LogP contribution in [0.5, 0.6) is 5.75 Å². The van der Waals surface area contributed by atoms with Crippen LogP contribution in [0.2, 0.25) is 5.02 Å². The Hall–Kier alpha value is -0.730. The molecule has 15 heavy (non-hydrogen) atoms. The van der Waals surface area contributed by atoms with E-state index in [0.717, 1.165) is 24.0 Å². The summed E-state index contributed by atoms with van der Waals surface area (Å²) in [6.45, 7) is 1.85. The second-order valence-corrected chi connectivity index (χ2v) is 4.81. The number of halogens is 1. The van der Waals surface area contributed by atoms with Crippen LogP contribution in [0.25, 0.3) is 0 Å². The Kier molecular flexibility index (Phi) is 2.89. The van der Waals surface area contributed by atoms with E-state index in [0.29, 0.717) is 16.7 Å². The van der Waals surface area contributed by atoms with E-state index in [4.69, 9.17) is 17.3 Å². The SMILES string of the molecule is Cc1cc(Cl)cc([C@H](N)C2CCC2)c1O. The third-order valence-corrected chi connectivity index (χ3v) is 3.53. The van der Waals surface area contributed by atoms with E-state index in [2.05, 4.69) is 0 Å². The Bertz CT molecular complexity index is 374. The van der Waals surface area contributed by atoms with Crippen LogP contribution < -0.4 is 5.73 Å². The van der Waals surface area contributed by atoms with Crippen molar-refractivity contribution in [2.24, 2.45) is 11.7 Å². The van der Waals surface area contributed by atoms with Gasteiger partial charge in [0.25, 0.3) is 0 Å². The molecule has 82 valence electrons. The van der Waals surface area contributed by atoms with Gasteiger partial charge in [-0.15, -0.1) is 0 Å². The predicted octanol–water partition coefficient (Wildman–Crippen LogP) is 3.15. The van der Waals surface area contributed by atoms with Gasteiger partial charge in [-0.2, -0.15) is 0 Å². The minimum atomic E-state index is -0.0730. The topological polar surface area (TPSA) is 46.2 Å². The molecule has 1 aromatic carbocycles. The quantitative estimate of drug-likeness (QED) is 0.812. The van der Waals surface area contributed by atoms with Crippen molar-refractivity contribution in [3.8, 4) is 5.75 Å². The van der Waals surface area contributed by atoms with Crippen LogP contribution in [-0.2, 0) is 0 Å². The number of phenols is 1. The van der Waals surface area contributed by atoms with Gasteiger partial charge >= 0.3 is 0 Å². The van der Waals surface area contributed by atoms with Gasteiger partial charge < -0.3 is 10.8 Å². The molecule has 0 spiro atoms. The molecule has 0 heterocycles. The normalized spacial score (nSPS) is 18.6. The van der Waals surface area contributed by atoms with Crippen LogP contribution in [0.4, 0.5) is 0 Å². The Morgan fingerprint density at radius 3 is 2.67 bits per heavy atom. The van der Waals surface area contributed by atoms with E-state index in [-0.39, 0.29) is 6.04 Å². The van der Waals surface area contributed by atoms with Crippen LogP contribution in [0.15, 0.2) is 12.1 Å². The fraction of sp³-hybridized carbons (Fsp3) is 0.500. The lowest BCUT2D eigenvalue weighted by Crippen LogP contribution is -2.27. The van der Waals surface area contributed by atoms with Crippen molar-refractivity contribution in [1.29, 1.82) is 0 Å². The average Bonchev–Trinajstić information content (AvgIpc) is 2.08. The molecule has 1 saturated carbocycles. The Labute approximate surface area is 95.1 Å². The third-order valence-electron chi connectivity index (χ3n) is 3.31. The molecule has 3 heteroatoms. The first-order chi connectivity index (χ1) is 7.09. The molecule has 1 aliphatic rings. The zero-order valence-corrected chi connectivity index (χ0v) is 9.59. The van der Waals surface area contributed by atoms with Gasteiger partial charge in [-0.1, -0.05) is 18.0 Å². The van der Waals surface area contributed by atoms with Crippen molar-refractivity contribution in [3.05, 3.63) is 28.3 Å². The summed E-state index contributed by atoms with van der Waals surface area (Å²) in [5.74, 6) is 0.813. The highest BCUT2D eigenvalue weighted by molar-refractivity contribution is 6.30. The number of phenolic OH excluding ortho intramolecular Hbond substituents is 1. The first kappa shape index (κ1) is 10.8. The minimum absolute atomic E-state index is 0.0730.